The molecule has 2 spiro atoms. The largest absolute Gasteiger partial charge is 0.480 e. The Bertz CT molecular complexity index is 2930. The molecule has 6 saturated heterocycles. The first-order chi connectivity index (χ1) is 42.0. The molecule has 4 aromatic rings. The molecule has 0 saturated carbocycles. The Morgan fingerprint density at radius 2 is 0.805 bits per heavy atom. The van der Waals surface area contributed by atoms with Crippen LogP contribution in [0.1, 0.15) is 60.8 Å². The number of aliphatic hydroxyl groups excluding tert-OH is 1. The lowest BCUT2D eigenvalue weighted by Gasteiger charge is -2.33. The van der Waals surface area contributed by atoms with E-state index in [4.69, 9.17) is 42.6 Å². The number of carbonyl (C=O) groups is 9. The van der Waals surface area contributed by atoms with Gasteiger partial charge in [-0.25, -0.2) is 38.4 Å². The normalized spacial score (nSPS) is 21.3. The van der Waals surface area contributed by atoms with Gasteiger partial charge in [-0.05, 0) is 35.1 Å². The van der Waals surface area contributed by atoms with Crippen LogP contribution >= 0.6 is 0 Å². The average Bonchev–Trinajstić information content (AvgIpc) is 3.34. The van der Waals surface area contributed by atoms with Crippen molar-refractivity contribution in [2.24, 2.45) is 0 Å². The lowest BCUT2D eigenvalue weighted by atomic mass is 10.1. The molecule has 0 bridgehead atoms. The number of methoxy groups -OCH3 is 3. The molecule has 26 nitrogen and oxygen atoms in total. The van der Waals surface area contributed by atoms with Gasteiger partial charge in [-0.2, -0.15) is 0 Å². The van der Waals surface area contributed by atoms with Gasteiger partial charge >= 0.3 is 48.3 Å². The monoisotopic (exact) mass is 1210 g/mol. The second-order valence-corrected chi connectivity index (χ2v) is 20.6. The Balaban J connectivity index is 0.000000166. The van der Waals surface area contributed by atoms with Gasteiger partial charge in [0.2, 0.25) is 0 Å². The topological polar surface area (TPSA) is 309 Å². The maximum absolute atomic E-state index is 12.5. The second-order valence-electron chi connectivity index (χ2n) is 20.6. The molecule has 468 valence electrons. The summed E-state index contributed by atoms with van der Waals surface area (Å²) in [5.41, 5.74) is 3.41. The number of aliphatic hydroxyl groups is 1. The van der Waals surface area contributed by atoms with Crippen LogP contribution in [-0.4, -0.2) is 200 Å². The smallest absolute Gasteiger partial charge is 0.411 e. The molecule has 4 amide bonds. The van der Waals surface area contributed by atoms with E-state index in [9.17, 15) is 53.4 Å². The van der Waals surface area contributed by atoms with Crippen molar-refractivity contribution in [3.05, 3.63) is 144 Å². The Kier molecular flexibility index (Phi) is 24.3. The van der Waals surface area contributed by atoms with Crippen molar-refractivity contribution in [2.75, 3.05) is 73.9 Å². The minimum Gasteiger partial charge on any atom is -0.480 e. The standard InChI is InChI=1S/C17H21NO6.C16H19NO6.C14H17NO5.C14H15NO5/c1-21-15(19)14-10-17(23-8-5-9-24-17)12-18(14)16(20)22-11-13-6-3-2-4-7-13;18-14(19)13-9-16(22-7-4-8-23-16)11-17(13)15(20)21-10-12-5-2-1-3-6-12;2*1-19-13(17)12-7-11(16)8-15(12)14(18)20-9-10-5-3-2-4-6-10/h2-4,6-7,14H,5,8-12H2,1H3;1-3,5-6,13H,4,7-11H2,(H,18,19);2-6,11-12,16H,7-9H2,1H3;2-6,12H,7-9H2,1H3/t14-;13-;11-,12+;12-/m0010/s1. The Morgan fingerprint density at radius 3 is 1.18 bits per heavy atom. The molecule has 5 atom stereocenters. The fraction of sp³-hybridized carbons (Fsp3) is 0.459. The van der Waals surface area contributed by atoms with Crippen LogP contribution in [0, 0.1) is 0 Å². The number of esters is 3. The molecular weight excluding hydrogens is 1140 g/mol. The van der Waals surface area contributed by atoms with Crippen molar-refractivity contribution >= 4 is 54.0 Å². The molecule has 0 aliphatic carbocycles. The van der Waals surface area contributed by atoms with Crippen LogP contribution in [0.25, 0.3) is 0 Å². The number of amides is 4. The van der Waals surface area contributed by atoms with Crippen LogP contribution in [0.15, 0.2) is 121 Å². The van der Waals surface area contributed by atoms with Crippen LogP contribution in [0.2, 0.25) is 0 Å². The van der Waals surface area contributed by atoms with Crippen LogP contribution in [0.4, 0.5) is 19.2 Å². The summed E-state index contributed by atoms with van der Waals surface area (Å²) in [4.78, 5) is 111. The van der Waals surface area contributed by atoms with Crippen molar-refractivity contribution in [3.8, 4) is 0 Å². The summed E-state index contributed by atoms with van der Waals surface area (Å²) in [5, 5.41) is 19.0. The summed E-state index contributed by atoms with van der Waals surface area (Å²) in [6.07, 6.45) is -1.22. The van der Waals surface area contributed by atoms with Crippen molar-refractivity contribution in [1.82, 2.24) is 19.6 Å². The van der Waals surface area contributed by atoms with Gasteiger partial charge in [0.05, 0.1) is 80.0 Å². The fourth-order valence-corrected chi connectivity index (χ4v) is 10.1. The zero-order valence-electron chi connectivity index (χ0n) is 48.5. The van der Waals surface area contributed by atoms with Gasteiger partial charge in [-0.15, -0.1) is 0 Å². The Labute approximate surface area is 501 Å². The van der Waals surface area contributed by atoms with E-state index in [0.717, 1.165) is 40.0 Å². The first-order valence-electron chi connectivity index (χ1n) is 28.1. The number of β-amino-alcohol motifs (C(OH)–C–C–N with tert-alkyl or cyclic N) is 1. The summed E-state index contributed by atoms with van der Waals surface area (Å²) >= 11 is 0. The van der Waals surface area contributed by atoms with Crippen molar-refractivity contribution in [3.63, 3.8) is 0 Å². The van der Waals surface area contributed by atoms with E-state index in [1.807, 2.05) is 121 Å². The number of benzene rings is 4. The summed E-state index contributed by atoms with van der Waals surface area (Å²) in [6, 6.07) is 33.6. The molecule has 0 aromatic heterocycles. The van der Waals surface area contributed by atoms with Crippen LogP contribution in [0.5, 0.6) is 0 Å². The number of rotatable bonds is 12. The van der Waals surface area contributed by atoms with E-state index in [-0.39, 0.29) is 84.1 Å². The van der Waals surface area contributed by atoms with Gasteiger partial charge in [-0.1, -0.05) is 121 Å². The zero-order chi connectivity index (χ0) is 62.3. The van der Waals surface area contributed by atoms with Crippen molar-refractivity contribution in [2.45, 2.75) is 107 Å². The predicted molar refractivity (Wildman–Crippen MR) is 300 cm³/mol. The first-order valence-corrected chi connectivity index (χ1v) is 28.1. The number of hydrogen-bond donors (Lipinski definition) is 2. The molecule has 87 heavy (non-hydrogen) atoms. The number of likely N-dealkylation sites (tertiary alicyclic amines) is 4. The highest BCUT2D eigenvalue weighted by Gasteiger charge is 2.54. The minimum atomic E-state index is -1.09. The van der Waals surface area contributed by atoms with E-state index in [1.165, 1.54) is 36.0 Å². The third kappa shape index (κ3) is 18.7. The highest BCUT2D eigenvalue weighted by Crippen LogP contribution is 2.36. The lowest BCUT2D eigenvalue weighted by molar-refractivity contribution is -0.257. The average molecular weight is 1210 g/mol. The van der Waals surface area contributed by atoms with E-state index in [0.29, 0.717) is 26.4 Å². The number of hydrogen-bond acceptors (Lipinski definition) is 21. The highest BCUT2D eigenvalue weighted by molar-refractivity contribution is 5.95. The predicted octanol–water partition coefficient (Wildman–Crippen LogP) is 5.39. The van der Waals surface area contributed by atoms with Crippen molar-refractivity contribution in [1.29, 1.82) is 0 Å². The van der Waals surface area contributed by atoms with Gasteiger partial charge in [0.15, 0.2) is 17.4 Å². The molecule has 6 aliphatic rings. The van der Waals surface area contributed by atoms with E-state index in [1.54, 1.807) is 0 Å². The number of carbonyl (C=O) groups excluding carboxylic acids is 8. The van der Waals surface area contributed by atoms with Gasteiger partial charge in [0.25, 0.3) is 0 Å². The molecule has 4 aromatic carbocycles. The molecule has 0 radical (unpaired) electrons. The van der Waals surface area contributed by atoms with Crippen LogP contribution in [-0.2, 0) is 103 Å². The third-order valence-electron chi connectivity index (χ3n) is 14.5. The number of ketones is 1. The molecule has 6 aliphatic heterocycles. The van der Waals surface area contributed by atoms with E-state index < -0.39 is 90.1 Å². The molecule has 0 unspecified atom stereocenters. The van der Waals surface area contributed by atoms with Gasteiger partial charge in [-0.3, -0.25) is 24.4 Å². The molecule has 10 rings (SSSR count). The third-order valence-corrected chi connectivity index (χ3v) is 14.5. The Morgan fingerprint density at radius 1 is 0.471 bits per heavy atom. The summed E-state index contributed by atoms with van der Waals surface area (Å²) in [6.45, 7) is 2.72. The van der Waals surface area contributed by atoms with E-state index >= 15 is 0 Å². The number of nitrogens with zero attached hydrogens (tertiary/aromatic N) is 4. The van der Waals surface area contributed by atoms with Gasteiger partial charge < -0.3 is 62.3 Å². The number of carboxylic acids is 1. The van der Waals surface area contributed by atoms with Gasteiger partial charge in [0, 0.05) is 25.7 Å². The summed E-state index contributed by atoms with van der Waals surface area (Å²) < 4.78 is 57.5. The lowest BCUT2D eigenvalue weighted by Crippen LogP contribution is -2.44. The molecule has 26 heteroatoms. The second kappa shape index (κ2) is 32.2. The summed E-state index contributed by atoms with van der Waals surface area (Å²) in [5.74, 6) is -4.88. The summed E-state index contributed by atoms with van der Waals surface area (Å²) in [7, 11) is 3.77. The zero-order valence-corrected chi connectivity index (χ0v) is 48.5. The molecule has 6 fully saturated rings. The number of Topliss-reactive ketones (excluding diaryl/α,β-unsaturated/α-hetero) is 1. The molecular formula is C61H72N4O22. The maximum atomic E-state index is 12.5. The van der Waals surface area contributed by atoms with Crippen LogP contribution < -0.4 is 0 Å². The minimum absolute atomic E-state index is 0.0207. The number of aliphatic carboxylic acids is 1. The van der Waals surface area contributed by atoms with E-state index in [2.05, 4.69) is 9.47 Å². The molecule has 6 heterocycles. The SMILES string of the molecule is COC(=O)[C@@H]1CC(=O)CN1C(=O)OCc1ccccc1.COC(=O)[C@@H]1CC2(CN1C(=O)OCc1ccccc1)OCCCO2.COC(=O)[C@@H]1C[C@@H](O)CN1C(=O)OCc1ccccc1.O=C(O)[C@@H]1CC2(CN1C(=O)OCc1ccccc1)OCCCO2. The Hall–Kier alpha value is -8.69. The fourth-order valence-electron chi connectivity index (χ4n) is 10.1. The number of ether oxygens (including phenoxy) is 11. The quantitative estimate of drug-likeness (QED) is 0.133. The van der Waals surface area contributed by atoms with Gasteiger partial charge in [0.1, 0.15) is 50.6 Å². The molecule has 2 N–H and O–H groups in total. The number of carboxylic acid groups (broad SMARTS) is 1. The van der Waals surface area contributed by atoms with Crippen LogP contribution in [0.3, 0.4) is 0 Å². The van der Waals surface area contributed by atoms with Crippen molar-refractivity contribution < 1.29 is 105 Å². The first kappa shape index (κ1) is 65.8. The maximum Gasteiger partial charge on any atom is 0.411 e. The highest BCUT2D eigenvalue weighted by atomic mass is 16.7.